The van der Waals surface area contributed by atoms with Crippen molar-refractivity contribution in [2.75, 3.05) is 11.9 Å². The average molecular weight is 344 g/mol. The van der Waals surface area contributed by atoms with Crippen molar-refractivity contribution in [2.45, 2.75) is 0 Å². The number of nitrogens with one attached hydrogen (secondary N) is 1. The third-order valence-corrected chi connectivity index (χ3v) is 5.06. The lowest BCUT2D eigenvalue weighted by Gasteiger charge is -2.10. The van der Waals surface area contributed by atoms with Crippen molar-refractivity contribution in [1.82, 2.24) is 4.98 Å². The Kier molecular flexibility index (Phi) is 4.27. The highest BCUT2D eigenvalue weighted by atomic mass is 32.1. The Labute approximate surface area is 150 Å². The normalized spacial score (nSPS) is 10.7. The van der Waals surface area contributed by atoms with Crippen molar-refractivity contribution in [3.8, 4) is 10.6 Å². The predicted octanol–water partition coefficient (Wildman–Crippen LogP) is 5.26. The Bertz CT molecular complexity index is 991. The first-order valence-corrected chi connectivity index (χ1v) is 8.90. The molecule has 3 aromatic carbocycles. The zero-order valence-corrected chi connectivity index (χ0v) is 14.3. The van der Waals surface area contributed by atoms with Gasteiger partial charge in [-0.1, -0.05) is 54.6 Å². The minimum atomic E-state index is 0.0692. The number of hydrogen-bond acceptors (Lipinski definition) is 4. The molecule has 0 bridgehead atoms. The highest BCUT2D eigenvalue weighted by Crippen LogP contribution is 2.34. The maximum atomic E-state index is 12.3. The van der Waals surface area contributed by atoms with Gasteiger partial charge in [-0.2, -0.15) is 0 Å². The van der Waals surface area contributed by atoms with Crippen molar-refractivity contribution in [2.24, 2.45) is 0 Å². The summed E-state index contributed by atoms with van der Waals surface area (Å²) in [5.74, 6) is 0.0692. The fraction of sp³-hybridized carbons (Fsp3) is 0.0476. The van der Waals surface area contributed by atoms with Crippen molar-refractivity contribution in [3.05, 3.63) is 84.4 Å². The van der Waals surface area contributed by atoms with Crippen LogP contribution in [0.3, 0.4) is 0 Å². The molecule has 0 aliphatic carbocycles. The van der Waals surface area contributed by atoms with Gasteiger partial charge in [0.2, 0.25) is 0 Å². The summed E-state index contributed by atoms with van der Waals surface area (Å²) in [6.45, 7) is 0.256. The molecule has 0 atom stereocenters. The Morgan fingerprint density at radius 3 is 2.44 bits per heavy atom. The first-order chi connectivity index (χ1) is 12.3. The van der Waals surface area contributed by atoms with E-state index in [2.05, 4.69) is 11.4 Å². The lowest BCUT2D eigenvalue weighted by Crippen LogP contribution is -2.14. The number of anilines is 1. The number of Topliss-reactive ketones (excluding diaryl/α,β-unsaturated/α-hetero) is 1. The van der Waals surface area contributed by atoms with Crippen LogP contribution in [0.15, 0.2) is 78.9 Å². The standard InChI is InChI=1S/C21H16N2OS/c24-19(15-8-2-1-3-9-15)14-22-17-11-5-4-10-16(17)21-23-18-12-6-7-13-20(18)25-21/h1-13,22H,14H2. The molecule has 0 saturated heterocycles. The van der Waals surface area contributed by atoms with E-state index in [0.717, 1.165) is 26.5 Å². The van der Waals surface area contributed by atoms with Crippen LogP contribution in [0.2, 0.25) is 0 Å². The molecule has 0 unspecified atom stereocenters. The number of nitrogens with zero attached hydrogens (tertiary/aromatic N) is 1. The molecule has 0 radical (unpaired) electrons. The van der Waals surface area contributed by atoms with Crippen LogP contribution >= 0.6 is 11.3 Å². The molecule has 4 rings (SSSR count). The molecule has 25 heavy (non-hydrogen) atoms. The molecule has 1 N–H and O–H groups in total. The fourth-order valence-corrected chi connectivity index (χ4v) is 3.72. The van der Waals surface area contributed by atoms with Gasteiger partial charge in [-0.25, -0.2) is 4.98 Å². The summed E-state index contributed by atoms with van der Waals surface area (Å²) < 4.78 is 1.16. The molecule has 0 aliphatic rings. The minimum absolute atomic E-state index is 0.0692. The van der Waals surface area contributed by atoms with Crippen molar-refractivity contribution in [1.29, 1.82) is 0 Å². The van der Waals surface area contributed by atoms with Gasteiger partial charge in [-0.05, 0) is 24.3 Å². The quantitative estimate of drug-likeness (QED) is 0.502. The van der Waals surface area contributed by atoms with Crippen molar-refractivity contribution < 1.29 is 4.79 Å². The summed E-state index contributed by atoms with van der Waals surface area (Å²) in [6, 6.07) is 25.4. The van der Waals surface area contributed by atoms with E-state index < -0.39 is 0 Å². The van der Waals surface area contributed by atoms with Crippen LogP contribution in [-0.4, -0.2) is 17.3 Å². The molecular weight excluding hydrogens is 328 g/mol. The third-order valence-electron chi connectivity index (χ3n) is 3.99. The smallest absolute Gasteiger partial charge is 0.181 e. The van der Waals surface area contributed by atoms with Gasteiger partial charge >= 0.3 is 0 Å². The number of thiazole rings is 1. The van der Waals surface area contributed by atoms with Gasteiger partial charge in [-0.15, -0.1) is 11.3 Å². The molecule has 0 amide bonds. The minimum Gasteiger partial charge on any atom is -0.377 e. The molecule has 3 nitrogen and oxygen atoms in total. The predicted molar refractivity (Wildman–Crippen MR) is 104 cm³/mol. The summed E-state index contributed by atoms with van der Waals surface area (Å²) in [7, 11) is 0. The zero-order valence-electron chi connectivity index (χ0n) is 13.5. The molecular formula is C21H16N2OS. The molecule has 4 heteroatoms. The van der Waals surface area contributed by atoms with Gasteiger partial charge in [0, 0.05) is 16.8 Å². The highest BCUT2D eigenvalue weighted by molar-refractivity contribution is 7.21. The van der Waals surface area contributed by atoms with E-state index >= 15 is 0 Å². The molecule has 1 aromatic heterocycles. The van der Waals surface area contributed by atoms with Crippen LogP contribution in [0.1, 0.15) is 10.4 Å². The number of fused-ring (bicyclic) bond motifs is 1. The first-order valence-electron chi connectivity index (χ1n) is 8.08. The second-order valence-electron chi connectivity index (χ2n) is 5.68. The molecule has 0 fully saturated rings. The van der Waals surface area contributed by atoms with E-state index in [1.54, 1.807) is 11.3 Å². The number of rotatable bonds is 5. The van der Waals surface area contributed by atoms with Gasteiger partial charge in [-0.3, -0.25) is 4.79 Å². The van der Waals surface area contributed by atoms with Crippen LogP contribution in [0, 0.1) is 0 Å². The summed E-state index contributed by atoms with van der Waals surface area (Å²) in [5.41, 5.74) is 3.65. The van der Waals surface area contributed by atoms with E-state index in [4.69, 9.17) is 4.98 Å². The van der Waals surface area contributed by atoms with Gasteiger partial charge in [0.05, 0.1) is 16.8 Å². The van der Waals surface area contributed by atoms with Gasteiger partial charge in [0.15, 0.2) is 5.78 Å². The number of hydrogen-bond donors (Lipinski definition) is 1. The van der Waals surface area contributed by atoms with E-state index in [1.165, 1.54) is 0 Å². The Morgan fingerprint density at radius 1 is 0.880 bits per heavy atom. The van der Waals surface area contributed by atoms with Crippen LogP contribution < -0.4 is 5.32 Å². The number of carbonyl (C=O) groups is 1. The number of benzene rings is 3. The maximum absolute atomic E-state index is 12.3. The Balaban J connectivity index is 1.60. The second-order valence-corrected chi connectivity index (χ2v) is 6.71. The summed E-state index contributed by atoms with van der Waals surface area (Å²) in [5, 5.41) is 4.23. The Hall–Kier alpha value is -2.98. The summed E-state index contributed by atoms with van der Waals surface area (Å²) in [4.78, 5) is 17.1. The van der Waals surface area contributed by atoms with E-state index in [0.29, 0.717) is 5.56 Å². The zero-order chi connectivity index (χ0) is 17.1. The Morgan fingerprint density at radius 2 is 1.60 bits per heavy atom. The molecule has 1 heterocycles. The highest BCUT2D eigenvalue weighted by Gasteiger charge is 2.11. The van der Waals surface area contributed by atoms with E-state index in [1.807, 2.05) is 72.8 Å². The van der Waals surface area contributed by atoms with Crippen LogP contribution in [0.4, 0.5) is 5.69 Å². The van der Waals surface area contributed by atoms with Gasteiger partial charge < -0.3 is 5.32 Å². The first kappa shape index (κ1) is 15.5. The van der Waals surface area contributed by atoms with E-state index in [9.17, 15) is 4.79 Å². The fourth-order valence-electron chi connectivity index (χ4n) is 2.71. The molecule has 4 aromatic rings. The maximum Gasteiger partial charge on any atom is 0.181 e. The monoisotopic (exact) mass is 344 g/mol. The third kappa shape index (κ3) is 3.30. The number of para-hydroxylation sites is 2. The molecule has 0 spiro atoms. The van der Waals surface area contributed by atoms with Crippen LogP contribution in [0.25, 0.3) is 20.8 Å². The van der Waals surface area contributed by atoms with Crippen molar-refractivity contribution in [3.63, 3.8) is 0 Å². The average Bonchev–Trinajstić information content (AvgIpc) is 3.11. The largest absolute Gasteiger partial charge is 0.377 e. The molecule has 0 aliphatic heterocycles. The lowest BCUT2D eigenvalue weighted by molar-refractivity contribution is 0.101. The number of aromatic nitrogens is 1. The van der Waals surface area contributed by atoms with Gasteiger partial charge in [0.25, 0.3) is 0 Å². The lowest BCUT2D eigenvalue weighted by atomic mass is 10.1. The molecule has 122 valence electrons. The summed E-state index contributed by atoms with van der Waals surface area (Å²) >= 11 is 1.66. The van der Waals surface area contributed by atoms with Gasteiger partial charge in [0.1, 0.15) is 5.01 Å². The number of carbonyl (C=O) groups excluding carboxylic acids is 1. The second kappa shape index (κ2) is 6.87. The van der Waals surface area contributed by atoms with E-state index in [-0.39, 0.29) is 12.3 Å². The topological polar surface area (TPSA) is 42.0 Å². The summed E-state index contributed by atoms with van der Waals surface area (Å²) in [6.07, 6.45) is 0. The van der Waals surface area contributed by atoms with Crippen LogP contribution in [-0.2, 0) is 0 Å². The SMILES string of the molecule is O=C(CNc1ccccc1-c1nc2ccccc2s1)c1ccccc1. The van der Waals surface area contributed by atoms with Crippen molar-refractivity contribution >= 4 is 33.0 Å². The van der Waals surface area contributed by atoms with Crippen LogP contribution in [0.5, 0.6) is 0 Å². The molecule has 0 saturated carbocycles. The number of ketones is 1.